The van der Waals surface area contributed by atoms with Crippen LogP contribution < -0.4 is 20.1 Å². The first-order valence-corrected chi connectivity index (χ1v) is 12.6. The van der Waals surface area contributed by atoms with Crippen LogP contribution in [0.4, 0.5) is 10.8 Å². The molecule has 0 radical (unpaired) electrons. The Morgan fingerprint density at radius 3 is 2.45 bits per heavy atom. The number of benzene rings is 2. The van der Waals surface area contributed by atoms with E-state index >= 15 is 0 Å². The molecule has 1 atom stereocenters. The summed E-state index contributed by atoms with van der Waals surface area (Å²) in [4.78, 5) is 30.2. The Morgan fingerprint density at radius 2 is 1.79 bits per heavy atom. The molecule has 1 unspecified atom stereocenters. The fraction of sp³-hybridized carbons (Fsp3) is 0.273. The Labute approximate surface area is 205 Å². The number of anilines is 2. The fourth-order valence-electron chi connectivity index (χ4n) is 2.71. The van der Waals surface area contributed by atoms with Gasteiger partial charge in [0.15, 0.2) is 11.5 Å². The van der Waals surface area contributed by atoms with Gasteiger partial charge in [0.2, 0.25) is 16.2 Å². The van der Waals surface area contributed by atoms with E-state index in [9.17, 15) is 9.59 Å². The molecule has 2 N–H and O–H groups in total. The molecule has 174 valence electrons. The topological polar surface area (TPSA) is 102 Å². The van der Waals surface area contributed by atoms with E-state index in [4.69, 9.17) is 9.47 Å². The van der Waals surface area contributed by atoms with Crippen molar-refractivity contribution in [3.63, 3.8) is 0 Å². The fourth-order valence-corrected chi connectivity index (χ4v) is 4.85. The van der Waals surface area contributed by atoms with Gasteiger partial charge in [-0.25, -0.2) is 0 Å². The van der Waals surface area contributed by atoms with Gasteiger partial charge in [-0.3, -0.25) is 14.9 Å². The predicted octanol–water partition coefficient (Wildman–Crippen LogP) is 5.04. The second-order valence-electron chi connectivity index (χ2n) is 6.61. The third-order valence-corrected chi connectivity index (χ3v) is 6.94. The highest BCUT2D eigenvalue weighted by molar-refractivity contribution is 8.00. The van der Waals surface area contributed by atoms with Crippen molar-refractivity contribution in [1.29, 1.82) is 0 Å². The number of hydrogen-bond donors (Lipinski definition) is 2. The number of nitrogens with zero attached hydrogens (tertiary/aromatic N) is 2. The average Bonchev–Trinajstić information content (AvgIpc) is 3.26. The molecule has 0 aliphatic carbocycles. The highest BCUT2D eigenvalue weighted by Gasteiger charge is 2.17. The van der Waals surface area contributed by atoms with Crippen LogP contribution in [0.5, 0.6) is 11.5 Å². The number of hydrogen-bond acceptors (Lipinski definition) is 9. The summed E-state index contributed by atoms with van der Waals surface area (Å²) < 4.78 is 14.7. The highest BCUT2D eigenvalue weighted by Crippen LogP contribution is 2.29. The number of aromatic nitrogens is 2. The molecule has 0 aliphatic heterocycles. The lowest BCUT2D eigenvalue weighted by Gasteiger charge is -2.12. The van der Waals surface area contributed by atoms with E-state index in [0.717, 1.165) is 10.6 Å². The largest absolute Gasteiger partial charge is 0.493 e. The van der Waals surface area contributed by atoms with Gasteiger partial charge in [-0.1, -0.05) is 18.7 Å². The molecule has 0 aliphatic rings. The van der Waals surface area contributed by atoms with E-state index in [-0.39, 0.29) is 17.1 Å². The molecule has 3 rings (SSSR count). The van der Waals surface area contributed by atoms with Gasteiger partial charge in [-0.05, 0) is 55.1 Å². The number of carbonyl (C=O) groups excluding carboxylic acids is 2. The van der Waals surface area contributed by atoms with Gasteiger partial charge in [-0.2, -0.15) is 9.36 Å². The number of nitrogens with one attached hydrogen (secondary N) is 2. The Balaban J connectivity index is 1.56. The van der Waals surface area contributed by atoms with E-state index in [1.807, 2.05) is 26.0 Å². The van der Waals surface area contributed by atoms with Crippen LogP contribution in [0.15, 0.2) is 52.5 Å². The van der Waals surface area contributed by atoms with Gasteiger partial charge in [-0.15, -0.1) is 11.8 Å². The Kier molecular flexibility index (Phi) is 8.98. The Hall–Kier alpha value is -2.76. The van der Waals surface area contributed by atoms with Crippen LogP contribution in [0.3, 0.4) is 0 Å². The maximum absolute atomic E-state index is 12.6. The molecule has 33 heavy (non-hydrogen) atoms. The molecule has 0 fully saturated rings. The molecule has 0 bridgehead atoms. The first-order valence-electron chi connectivity index (χ1n) is 10.0. The van der Waals surface area contributed by atoms with E-state index in [1.165, 1.54) is 42.2 Å². The molecule has 1 aromatic heterocycles. The minimum absolute atomic E-state index is 0.143. The summed E-state index contributed by atoms with van der Waals surface area (Å²) in [5.74, 6) is 1.51. The molecule has 3 aromatic rings. The summed E-state index contributed by atoms with van der Waals surface area (Å²) in [6.07, 6.45) is 0. The SMILES string of the molecule is CCSc1nsc(NC(=O)C(C)Sc2ccc(NC(=O)c3ccc(OC)c(OC)c3)cc2)n1. The molecule has 1 heterocycles. The quantitative estimate of drug-likeness (QED) is 0.370. The second-order valence-corrected chi connectivity index (χ2v) is 10.0. The number of carbonyl (C=O) groups is 2. The maximum Gasteiger partial charge on any atom is 0.255 e. The molecule has 11 heteroatoms. The molecule has 0 saturated heterocycles. The maximum atomic E-state index is 12.6. The van der Waals surface area contributed by atoms with Crippen molar-refractivity contribution in [1.82, 2.24) is 9.36 Å². The smallest absolute Gasteiger partial charge is 0.255 e. The standard InChI is InChI=1S/C22H24N4O4S3/c1-5-31-22-25-21(33-26-22)24-19(27)13(2)32-16-9-7-15(8-10-16)23-20(28)14-6-11-17(29-3)18(12-14)30-4/h6-13H,5H2,1-4H3,(H,23,28)(H,24,25,26,27). The van der Waals surface area contributed by atoms with Crippen LogP contribution in [0, 0.1) is 0 Å². The zero-order chi connectivity index (χ0) is 23.8. The van der Waals surface area contributed by atoms with Gasteiger partial charge < -0.3 is 14.8 Å². The number of rotatable bonds is 10. The molecule has 2 aromatic carbocycles. The van der Waals surface area contributed by atoms with Crippen molar-refractivity contribution in [3.05, 3.63) is 48.0 Å². The van der Waals surface area contributed by atoms with Gasteiger partial charge >= 0.3 is 0 Å². The van der Waals surface area contributed by atoms with Crippen molar-refractivity contribution < 1.29 is 19.1 Å². The van der Waals surface area contributed by atoms with E-state index in [0.29, 0.717) is 33.0 Å². The van der Waals surface area contributed by atoms with Crippen LogP contribution in [-0.4, -0.2) is 46.4 Å². The van der Waals surface area contributed by atoms with E-state index < -0.39 is 0 Å². The summed E-state index contributed by atoms with van der Waals surface area (Å²) in [5.41, 5.74) is 1.10. The van der Waals surface area contributed by atoms with Crippen LogP contribution in [0.1, 0.15) is 24.2 Å². The van der Waals surface area contributed by atoms with E-state index in [2.05, 4.69) is 20.0 Å². The summed E-state index contributed by atoms with van der Waals surface area (Å²) >= 11 is 4.12. The molecule has 0 saturated carbocycles. The van der Waals surface area contributed by atoms with Crippen molar-refractivity contribution >= 4 is 57.7 Å². The third kappa shape index (κ3) is 6.86. The Morgan fingerprint density at radius 1 is 1.06 bits per heavy atom. The van der Waals surface area contributed by atoms with Gasteiger partial charge in [0.25, 0.3) is 5.91 Å². The molecular formula is C22H24N4O4S3. The summed E-state index contributed by atoms with van der Waals surface area (Å²) in [6, 6.07) is 12.3. The van der Waals surface area contributed by atoms with Crippen LogP contribution in [-0.2, 0) is 4.79 Å². The first-order chi connectivity index (χ1) is 15.9. The number of ether oxygens (including phenoxy) is 2. The normalized spacial score (nSPS) is 11.5. The van der Waals surface area contributed by atoms with Gasteiger partial charge in [0.05, 0.1) is 19.5 Å². The van der Waals surface area contributed by atoms with Crippen molar-refractivity contribution in [3.8, 4) is 11.5 Å². The van der Waals surface area contributed by atoms with Crippen molar-refractivity contribution in [2.45, 2.75) is 29.1 Å². The minimum atomic E-state index is -0.330. The molecule has 2 amide bonds. The molecule has 8 nitrogen and oxygen atoms in total. The summed E-state index contributed by atoms with van der Waals surface area (Å²) in [7, 11) is 3.06. The molecule has 0 spiro atoms. The van der Waals surface area contributed by atoms with Crippen molar-refractivity contribution in [2.75, 3.05) is 30.6 Å². The van der Waals surface area contributed by atoms with Crippen LogP contribution in [0.25, 0.3) is 0 Å². The second kappa shape index (κ2) is 11.9. The zero-order valence-corrected chi connectivity index (χ0v) is 21.0. The summed E-state index contributed by atoms with van der Waals surface area (Å²) in [6.45, 7) is 3.85. The van der Waals surface area contributed by atoms with Crippen LogP contribution >= 0.6 is 35.1 Å². The first kappa shape index (κ1) is 24.9. The number of methoxy groups -OCH3 is 2. The zero-order valence-electron chi connectivity index (χ0n) is 18.6. The average molecular weight is 505 g/mol. The van der Waals surface area contributed by atoms with Gasteiger partial charge in [0, 0.05) is 27.7 Å². The lowest BCUT2D eigenvalue weighted by molar-refractivity contribution is -0.115. The van der Waals surface area contributed by atoms with E-state index in [1.54, 1.807) is 37.4 Å². The van der Waals surface area contributed by atoms with Crippen molar-refractivity contribution in [2.24, 2.45) is 0 Å². The number of amides is 2. The lowest BCUT2D eigenvalue weighted by Crippen LogP contribution is -2.22. The summed E-state index contributed by atoms with van der Waals surface area (Å²) in [5, 5.41) is 6.50. The Bertz CT molecular complexity index is 1110. The predicted molar refractivity (Wildman–Crippen MR) is 134 cm³/mol. The highest BCUT2D eigenvalue weighted by atomic mass is 32.2. The minimum Gasteiger partial charge on any atom is -0.493 e. The molecular weight excluding hydrogens is 480 g/mol. The van der Waals surface area contributed by atoms with Crippen LogP contribution in [0.2, 0.25) is 0 Å². The lowest BCUT2D eigenvalue weighted by atomic mass is 10.2. The third-order valence-electron chi connectivity index (χ3n) is 4.35. The number of thioether (sulfide) groups is 2. The van der Waals surface area contributed by atoms with Gasteiger partial charge in [0.1, 0.15) is 0 Å². The monoisotopic (exact) mass is 504 g/mol.